The lowest BCUT2D eigenvalue weighted by Crippen LogP contribution is -2.60. The number of rotatable bonds is 41. The number of amides is 1. The maximum atomic E-state index is 12.6. The van der Waals surface area contributed by atoms with Crippen LogP contribution in [0.5, 0.6) is 0 Å². The number of carbonyl (C=O) groups is 1. The number of hydrogen-bond donors (Lipinski definition) is 6. The number of aliphatic hydroxyl groups is 5. The molecule has 1 heterocycles. The van der Waals surface area contributed by atoms with E-state index in [1.165, 1.54) is 173 Å². The number of ether oxygens (including phenoxy) is 2. The summed E-state index contributed by atoms with van der Waals surface area (Å²) in [5.74, 6) is -0.200. The van der Waals surface area contributed by atoms with E-state index in [0.717, 1.165) is 38.5 Å². The van der Waals surface area contributed by atoms with Crippen molar-refractivity contribution in [1.29, 1.82) is 0 Å². The second kappa shape index (κ2) is 39.1. The fourth-order valence-corrected chi connectivity index (χ4v) is 7.92. The van der Waals surface area contributed by atoms with E-state index in [-0.39, 0.29) is 12.5 Å². The van der Waals surface area contributed by atoms with Gasteiger partial charge in [0.05, 0.1) is 25.4 Å². The van der Waals surface area contributed by atoms with Gasteiger partial charge in [-0.15, -0.1) is 0 Å². The summed E-state index contributed by atoms with van der Waals surface area (Å²) in [6, 6.07) is -0.795. The first-order valence-electron chi connectivity index (χ1n) is 24.4. The topological polar surface area (TPSA) is 149 Å². The highest BCUT2D eigenvalue weighted by atomic mass is 16.7. The molecule has 1 rings (SSSR count). The molecular formula is C48H93NO8. The van der Waals surface area contributed by atoms with Gasteiger partial charge in [-0.25, -0.2) is 0 Å². The van der Waals surface area contributed by atoms with Gasteiger partial charge in [0, 0.05) is 6.42 Å². The van der Waals surface area contributed by atoms with E-state index < -0.39 is 49.5 Å². The van der Waals surface area contributed by atoms with Crippen LogP contribution in [0.3, 0.4) is 0 Å². The molecule has 1 amide bonds. The Hall–Kier alpha value is -1.07. The minimum atomic E-state index is -1.56. The third kappa shape index (κ3) is 29.7. The number of allylic oxidation sites excluding steroid dienone is 1. The summed E-state index contributed by atoms with van der Waals surface area (Å²) < 4.78 is 11.1. The smallest absolute Gasteiger partial charge is 0.220 e. The Balaban J connectivity index is 2.01. The molecular weight excluding hydrogens is 719 g/mol. The lowest BCUT2D eigenvalue weighted by atomic mass is 9.99. The van der Waals surface area contributed by atoms with Crippen molar-refractivity contribution in [2.75, 3.05) is 13.2 Å². The van der Waals surface area contributed by atoms with Crippen LogP contribution in [0.2, 0.25) is 0 Å². The van der Waals surface area contributed by atoms with Crippen LogP contribution < -0.4 is 5.32 Å². The molecule has 1 aliphatic heterocycles. The normalized spacial score (nSPS) is 21.0. The van der Waals surface area contributed by atoms with Crippen molar-refractivity contribution in [3.63, 3.8) is 0 Å². The minimum absolute atomic E-state index is 0.187. The van der Waals surface area contributed by atoms with Crippen LogP contribution in [0.25, 0.3) is 0 Å². The van der Waals surface area contributed by atoms with Crippen molar-refractivity contribution in [1.82, 2.24) is 5.32 Å². The van der Waals surface area contributed by atoms with Gasteiger partial charge in [-0.05, 0) is 19.3 Å². The molecule has 0 aromatic rings. The quantitative estimate of drug-likeness (QED) is 0.0264. The summed E-state index contributed by atoms with van der Waals surface area (Å²) in [6.45, 7) is 3.61. The molecule has 0 aliphatic carbocycles. The van der Waals surface area contributed by atoms with E-state index in [4.69, 9.17) is 9.47 Å². The molecule has 0 spiro atoms. The van der Waals surface area contributed by atoms with Gasteiger partial charge in [0.1, 0.15) is 24.4 Å². The number of nitrogens with one attached hydrogen (secondary N) is 1. The van der Waals surface area contributed by atoms with Crippen molar-refractivity contribution >= 4 is 5.91 Å². The first-order chi connectivity index (χ1) is 27.8. The maximum absolute atomic E-state index is 12.6. The molecule has 0 aromatic heterocycles. The zero-order chi connectivity index (χ0) is 41.6. The molecule has 57 heavy (non-hydrogen) atoms. The molecule has 6 N–H and O–H groups in total. The summed E-state index contributed by atoms with van der Waals surface area (Å²) >= 11 is 0. The number of unbranched alkanes of at least 4 members (excludes halogenated alkanes) is 31. The second-order valence-corrected chi connectivity index (χ2v) is 17.3. The van der Waals surface area contributed by atoms with Gasteiger partial charge in [-0.2, -0.15) is 0 Å². The van der Waals surface area contributed by atoms with Gasteiger partial charge in [0.15, 0.2) is 6.29 Å². The fourth-order valence-electron chi connectivity index (χ4n) is 7.92. The Morgan fingerprint density at radius 2 is 0.965 bits per heavy atom. The molecule has 9 nitrogen and oxygen atoms in total. The van der Waals surface area contributed by atoms with Crippen LogP contribution in [0, 0.1) is 0 Å². The van der Waals surface area contributed by atoms with Crippen molar-refractivity contribution in [3.05, 3.63) is 12.2 Å². The molecule has 0 radical (unpaired) electrons. The van der Waals surface area contributed by atoms with Gasteiger partial charge in [0.2, 0.25) is 5.91 Å². The summed E-state index contributed by atoms with van der Waals surface area (Å²) in [4.78, 5) is 12.6. The Morgan fingerprint density at radius 3 is 1.37 bits per heavy atom. The summed E-state index contributed by atoms with van der Waals surface area (Å²) in [5, 5.41) is 53.6. The average Bonchev–Trinajstić information content (AvgIpc) is 3.21. The first kappa shape index (κ1) is 53.9. The Morgan fingerprint density at radius 1 is 0.579 bits per heavy atom. The van der Waals surface area contributed by atoms with Crippen LogP contribution in [0.15, 0.2) is 12.2 Å². The summed E-state index contributed by atoms with van der Waals surface area (Å²) in [5.41, 5.74) is 0. The number of hydrogen-bond acceptors (Lipinski definition) is 8. The first-order valence-corrected chi connectivity index (χ1v) is 24.4. The molecule has 9 heteroatoms. The monoisotopic (exact) mass is 812 g/mol. The molecule has 7 unspecified atom stereocenters. The van der Waals surface area contributed by atoms with Crippen LogP contribution in [-0.2, 0) is 14.3 Å². The van der Waals surface area contributed by atoms with Crippen LogP contribution in [-0.4, -0.2) is 87.5 Å². The van der Waals surface area contributed by atoms with E-state index in [1.54, 1.807) is 6.08 Å². The zero-order valence-corrected chi connectivity index (χ0v) is 37.1. The summed E-state index contributed by atoms with van der Waals surface area (Å²) in [7, 11) is 0. The Labute approximate surface area is 350 Å². The lowest BCUT2D eigenvalue weighted by molar-refractivity contribution is -0.302. The third-order valence-corrected chi connectivity index (χ3v) is 11.9. The SMILES string of the molecule is CCCCCCCCCCCCCCCCCCCCCCCCCCCCCCC/C=C/C(O)C(COC1OC(CO)C(O)C(O)C1O)NC(=O)CCCCC. The predicted octanol–water partition coefficient (Wildman–Crippen LogP) is 10.5. The van der Waals surface area contributed by atoms with Crippen molar-refractivity contribution < 1.29 is 39.8 Å². The van der Waals surface area contributed by atoms with Crippen molar-refractivity contribution in [2.24, 2.45) is 0 Å². The van der Waals surface area contributed by atoms with Crippen LogP contribution in [0.4, 0.5) is 0 Å². The number of aliphatic hydroxyl groups excluding tert-OH is 5. The standard InChI is InChI=1S/C48H93NO8/c1-3-5-7-8-9-10-11-12-13-14-15-16-17-18-19-20-21-22-23-24-25-26-27-28-29-30-31-32-33-34-36-37-42(51)41(49-44(52)38-35-6-4-2)40-56-48-47(55)46(54)45(53)43(39-50)57-48/h36-37,41-43,45-48,50-51,53-55H,3-35,38-40H2,1-2H3,(H,49,52)/b37-36+. The molecule has 7 atom stereocenters. The molecule has 338 valence electrons. The predicted molar refractivity (Wildman–Crippen MR) is 235 cm³/mol. The largest absolute Gasteiger partial charge is 0.394 e. The molecule has 1 fully saturated rings. The van der Waals surface area contributed by atoms with E-state index in [9.17, 15) is 30.3 Å². The van der Waals surface area contributed by atoms with Gasteiger partial charge in [-0.3, -0.25) is 4.79 Å². The van der Waals surface area contributed by atoms with Crippen molar-refractivity contribution in [3.8, 4) is 0 Å². The fraction of sp³-hybridized carbons (Fsp3) is 0.938. The second-order valence-electron chi connectivity index (χ2n) is 17.3. The highest BCUT2D eigenvalue weighted by Crippen LogP contribution is 2.23. The Kier molecular flexibility index (Phi) is 37.0. The van der Waals surface area contributed by atoms with Crippen LogP contribution in [0.1, 0.15) is 232 Å². The molecule has 0 saturated carbocycles. The van der Waals surface area contributed by atoms with Gasteiger partial charge in [-0.1, -0.05) is 219 Å². The van der Waals surface area contributed by atoms with E-state index in [2.05, 4.69) is 19.2 Å². The minimum Gasteiger partial charge on any atom is -0.394 e. The number of carbonyl (C=O) groups excluding carboxylic acids is 1. The average molecular weight is 812 g/mol. The van der Waals surface area contributed by atoms with Crippen molar-refractivity contribution in [2.45, 2.75) is 275 Å². The van der Waals surface area contributed by atoms with Gasteiger partial charge in [0.25, 0.3) is 0 Å². The molecule has 1 aliphatic rings. The maximum Gasteiger partial charge on any atom is 0.220 e. The van der Waals surface area contributed by atoms with Gasteiger partial charge < -0.3 is 40.3 Å². The van der Waals surface area contributed by atoms with E-state index in [1.807, 2.05) is 6.08 Å². The zero-order valence-electron chi connectivity index (χ0n) is 37.1. The highest BCUT2D eigenvalue weighted by molar-refractivity contribution is 5.76. The van der Waals surface area contributed by atoms with Gasteiger partial charge >= 0.3 is 0 Å². The Bertz CT molecular complexity index is 904. The molecule has 0 aromatic carbocycles. The van der Waals surface area contributed by atoms with Crippen LogP contribution >= 0.6 is 0 Å². The summed E-state index contributed by atoms with van der Waals surface area (Å²) in [6.07, 6.45) is 39.6. The molecule has 0 bridgehead atoms. The third-order valence-electron chi connectivity index (χ3n) is 11.9. The highest BCUT2D eigenvalue weighted by Gasteiger charge is 2.44. The van der Waals surface area contributed by atoms with E-state index in [0.29, 0.717) is 6.42 Å². The lowest BCUT2D eigenvalue weighted by Gasteiger charge is -2.40. The molecule has 1 saturated heterocycles. The van der Waals surface area contributed by atoms with E-state index >= 15 is 0 Å².